The molecule has 1 atom stereocenters. The molecule has 1 amide bonds. The average Bonchev–Trinajstić information content (AvgIpc) is 2.27. The van der Waals surface area contributed by atoms with Crippen molar-refractivity contribution in [2.75, 3.05) is 20.6 Å². The minimum absolute atomic E-state index is 0.0330. The van der Waals surface area contributed by atoms with Crippen LogP contribution in [0.15, 0.2) is 24.3 Å². The Morgan fingerprint density at radius 3 is 2.42 bits per heavy atom. The molecule has 0 aliphatic carbocycles. The maximum Gasteiger partial charge on any atom is 0.251 e. The van der Waals surface area contributed by atoms with E-state index in [0.717, 1.165) is 24.1 Å². The fraction of sp³-hybridized carbons (Fsp3) is 0.562. The molecule has 3 nitrogen and oxygen atoms in total. The van der Waals surface area contributed by atoms with Gasteiger partial charge >= 0.3 is 0 Å². The smallest absolute Gasteiger partial charge is 0.251 e. The molecule has 0 bridgehead atoms. The Morgan fingerprint density at radius 1 is 1.26 bits per heavy atom. The van der Waals surface area contributed by atoms with Crippen LogP contribution in [0, 0.1) is 12.8 Å². The first-order chi connectivity index (χ1) is 8.90. The SMILES string of the molecule is Cc1ccccc1C(=O)NC(CC(C)C)CN(C)C. The van der Waals surface area contributed by atoms with Gasteiger partial charge in [-0.05, 0) is 45.0 Å². The number of carbonyl (C=O) groups excluding carboxylic acids is 1. The number of likely N-dealkylation sites (N-methyl/N-ethyl adjacent to an activating group) is 1. The average molecular weight is 262 g/mol. The third-order valence-corrected chi connectivity index (χ3v) is 3.07. The van der Waals surface area contributed by atoms with Gasteiger partial charge in [0.1, 0.15) is 0 Å². The quantitative estimate of drug-likeness (QED) is 0.855. The van der Waals surface area contributed by atoms with Crippen LogP contribution in [-0.2, 0) is 0 Å². The summed E-state index contributed by atoms with van der Waals surface area (Å²) in [5.41, 5.74) is 1.79. The number of nitrogens with one attached hydrogen (secondary N) is 1. The first-order valence-corrected chi connectivity index (χ1v) is 6.91. The predicted molar refractivity (Wildman–Crippen MR) is 80.4 cm³/mol. The highest BCUT2D eigenvalue weighted by Crippen LogP contribution is 2.10. The number of nitrogens with zero attached hydrogens (tertiary/aromatic N) is 1. The standard InChI is InChI=1S/C16H26N2O/c1-12(2)10-14(11-18(4)5)17-16(19)15-9-7-6-8-13(15)3/h6-9,12,14H,10-11H2,1-5H3,(H,17,19). The lowest BCUT2D eigenvalue weighted by atomic mass is 10.0. The van der Waals surface area contributed by atoms with Crippen LogP contribution in [0.2, 0.25) is 0 Å². The van der Waals surface area contributed by atoms with E-state index in [-0.39, 0.29) is 11.9 Å². The predicted octanol–water partition coefficient (Wildman–Crippen LogP) is 2.70. The van der Waals surface area contributed by atoms with Crippen molar-refractivity contribution in [1.29, 1.82) is 0 Å². The van der Waals surface area contributed by atoms with Gasteiger partial charge in [0.2, 0.25) is 0 Å². The van der Waals surface area contributed by atoms with Gasteiger partial charge in [-0.2, -0.15) is 0 Å². The molecule has 106 valence electrons. The van der Waals surface area contributed by atoms with Gasteiger partial charge < -0.3 is 10.2 Å². The molecule has 1 aromatic rings. The highest BCUT2D eigenvalue weighted by Gasteiger charge is 2.16. The summed E-state index contributed by atoms with van der Waals surface area (Å²) in [4.78, 5) is 14.4. The Morgan fingerprint density at radius 2 is 1.89 bits per heavy atom. The fourth-order valence-electron chi connectivity index (χ4n) is 2.28. The molecular weight excluding hydrogens is 236 g/mol. The third-order valence-electron chi connectivity index (χ3n) is 3.07. The Labute approximate surface area is 117 Å². The zero-order valence-corrected chi connectivity index (χ0v) is 12.7. The number of hydrogen-bond acceptors (Lipinski definition) is 2. The van der Waals surface area contributed by atoms with E-state index in [4.69, 9.17) is 0 Å². The molecule has 0 aliphatic rings. The van der Waals surface area contributed by atoms with Gasteiger partial charge in [-0.15, -0.1) is 0 Å². The monoisotopic (exact) mass is 262 g/mol. The van der Waals surface area contributed by atoms with Crippen molar-refractivity contribution < 1.29 is 4.79 Å². The van der Waals surface area contributed by atoms with Crippen LogP contribution in [0.3, 0.4) is 0 Å². The normalized spacial score (nSPS) is 12.8. The van der Waals surface area contributed by atoms with Crippen molar-refractivity contribution >= 4 is 5.91 Å². The topological polar surface area (TPSA) is 32.3 Å². The lowest BCUT2D eigenvalue weighted by Gasteiger charge is -2.24. The zero-order valence-electron chi connectivity index (χ0n) is 12.7. The number of aryl methyl sites for hydroxylation is 1. The molecule has 19 heavy (non-hydrogen) atoms. The zero-order chi connectivity index (χ0) is 14.4. The number of hydrogen-bond donors (Lipinski definition) is 1. The molecule has 0 saturated carbocycles. The second-order valence-electron chi connectivity index (χ2n) is 5.88. The first kappa shape index (κ1) is 15.7. The van der Waals surface area contributed by atoms with Gasteiger partial charge in [-0.3, -0.25) is 4.79 Å². The molecule has 0 spiro atoms. The van der Waals surface area contributed by atoms with E-state index < -0.39 is 0 Å². The summed E-state index contributed by atoms with van der Waals surface area (Å²) in [6.07, 6.45) is 0.996. The maximum absolute atomic E-state index is 12.3. The van der Waals surface area contributed by atoms with Crippen molar-refractivity contribution in [2.45, 2.75) is 33.2 Å². The summed E-state index contributed by atoms with van der Waals surface area (Å²) in [5.74, 6) is 0.604. The van der Waals surface area contributed by atoms with Crippen molar-refractivity contribution in [3.05, 3.63) is 35.4 Å². The second-order valence-corrected chi connectivity index (χ2v) is 5.88. The first-order valence-electron chi connectivity index (χ1n) is 6.91. The summed E-state index contributed by atoms with van der Waals surface area (Å²) in [6.45, 7) is 7.21. The molecule has 1 aromatic carbocycles. The number of amides is 1. The highest BCUT2D eigenvalue weighted by molar-refractivity contribution is 5.95. The van der Waals surface area contributed by atoms with Gasteiger partial charge in [0.25, 0.3) is 5.91 Å². The molecule has 0 aliphatic heterocycles. The lowest BCUT2D eigenvalue weighted by Crippen LogP contribution is -2.42. The molecule has 0 radical (unpaired) electrons. The van der Waals surface area contributed by atoms with Crippen LogP contribution < -0.4 is 5.32 Å². The van der Waals surface area contributed by atoms with Gasteiger partial charge in [-0.1, -0.05) is 32.0 Å². The maximum atomic E-state index is 12.3. The number of carbonyl (C=O) groups is 1. The summed E-state index contributed by atoms with van der Waals surface area (Å²) in [7, 11) is 4.07. The van der Waals surface area contributed by atoms with Gasteiger partial charge in [0.15, 0.2) is 0 Å². The summed E-state index contributed by atoms with van der Waals surface area (Å²) >= 11 is 0. The molecule has 0 aromatic heterocycles. The van der Waals surface area contributed by atoms with Crippen molar-refractivity contribution in [2.24, 2.45) is 5.92 Å². The number of benzene rings is 1. The van der Waals surface area contributed by atoms with Crippen LogP contribution in [-0.4, -0.2) is 37.5 Å². The van der Waals surface area contributed by atoms with E-state index in [1.807, 2.05) is 45.3 Å². The molecule has 0 fully saturated rings. The summed E-state index contributed by atoms with van der Waals surface area (Å²) in [6, 6.07) is 7.91. The van der Waals surface area contributed by atoms with Crippen LogP contribution in [0.1, 0.15) is 36.2 Å². The molecule has 3 heteroatoms. The van der Waals surface area contributed by atoms with E-state index in [9.17, 15) is 4.79 Å². The van der Waals surface area contributed by atoms with E-state index in [2.05, 4.69) is 24.1 Å². The number of rotatable bonds is 6. The Hall–Kier alpha value is -1.35. The van der Waals surface area contributed by atoms with Crippen LogP contribution >= 0.6 is 0 Å². The van der Waals surface area contributed by atoms with Crippen molar-refractivity contribution in [3.63, 3.8) is 0 Å². The van der Waals surface area contributed by atoms with Gasteiger partial charge in [0.05, 0.1) is 0 Å². The molecule has 1 rings (SSSR count). The minimum atomic E-state index is 0.0330. The summed E-state index contributed by atoms with van der Waals surface area (Å²) < 4.78 is 0. The molecule has 0 saturated heterocycles. The molecule has 0 heterocycles. The summed E-state index contributed by atoms with van der Waals surface area (Å²) in [5, 5.41) is 3.16. The largest absolute Gasteiger partial charge is 0.348 e. The second kappa shape index (κ2) is 7.29. The van der Waals surface area contributed by atoms with Gasteiger partial charge in [0, 0.05) is 18.2 Å². The van der Waals surface area contributed by atoms with Crippen molar-refractivity contribution in [1.82, 2.24) is 10.2 Å². The van der Waals surface area contributed by atoms with E-state index in [0.29, 0.717) is 5.92 Å². The van der Waals surface area contributed by atoms with Crippen molar-refractivity contribution in [3.8, 4) is 0 Å². The van der Waals surface area contributed by atoms with Crippen LogP contribution in [0.4, 0.5) is 0 Å². The van der Waals surface area contributed by atoms with E-state index >= 15 is 0 Å². The molecular formula is C16H26N2O. The Bertz CT molecular complexity index is 403. The lowest BCUT2D eigenvalue weighted by molar-refractivity contribution is 0.0924. The molecule has 1 N–H and O–H groups in total. The van der Waals surface area contributed by atoms with Crippen LogP contribution in [0.25, 0.3) is 0 Å². The Balaban J connectivity index is 2.73. The Kier molecular flexibility index (Phi) is 6.03. The third kappa shape index (κ3) is 5.43. The minimum Gasteiger partial charge on any atom is -0.348 e. The fourth-order valence-corrected chi connectivity index (χ4v) is 2.28. The molecule has 1 unspecified atom stereocenters. The van der Waals surface area contributed by atoms with Gasteiger partial charge in [-0.25, -0.2) is 0 Å². The van der Waals surface area contributed by atoms with E-state index in [1.165, 1.54) is 0 Å². The van der Waals surface area contributed by atoms with E-state index in [1.54, 1.807) is 0 Å². The van der Waals surface area contributed by atoms with Crippen LogP contribution in [0.5, 0.6) is 0 Å². The highest BCUT2D eigenvalue weighted by atomic mass is 16.1.